The Hall–Kier alpha value is -2.09. The van der Waals surface area contributed by atoms with Crippen molar-refractivity contribution >= 4 is 0 Å². The van der Waals surface area contributed by atoms with E-state index in [1.807, 2.05) is 6.07 Å². The number of aromatic nitrogens is 1. The highest BCUT2D eigenvalue weighted by atomic mass is 15.1. The fourth-order valence-electron chi connectivity index (χ4n) is 3.47. The summed E-state index contributed by atoms with van der Waals surface area (Å²) in [6, 6.07) is 14.8. The Bertz CT molecular complexity index is 630. The summed E-state index contributed by atoms with van der Waals surface area (Å²) in [5, 5.41) is 0. The molecule has 0 N–H and O–H groups in total. The first-order valence-electron chi connectivity index (χ1n) is 7.28. The van der Waals surface area contributed by atoms with Crippen LogP contribution in [0.5, 0.6) is 0 Å². The molecular weight excluding hydrogens is 244 g/mol. The third-order valence-corrected chi connectivity index (χ3v) is 4.65. The lowest BCUT2D eigenvalue weighted by molar-refractivity contribution is 0.375. The molecule has 0 spiro atoms. The molecule has 2 bridgehead atoms. The molecule has 1 aromatic heterocycles. The zero-order valence-corrected chi connectivity index (χ0v) is 11.5. The Labute approximate surface area is 119 Å². The van der Waals surface area contributed by atoms with Crippen LogP contribution < -0.4 is 0 Å². The molecule has 1 unspecified atom stereocenters. The zero-order valence-electron chi connectivity index (χ0n) is 11.5. The second-order valence-corrected chi connectivity index (χ2v) is 5.89. The van der Waals surface area contributed by atoms with Crippen molar-refractivity contribution in [3.05, 3.63) is 66.5 Å². The molecule has 1 atom stereocenters. The minimum atomic E-state index is 0.303. The van der Waals surface area contributed by atoms with Gasteiger partial charge in [0.1, 0.15) is 0 Å². The van der Waals surface area contributed by atoms with Gasteiger partial charge in [0.15, 0.2) is 0 Å². The van der Waals surface area contributed by atoms with Crippen molar-refractivity contribution in [1.29, 1.82) is 0 Å². The molecule has 1 aromatic carbocycles. The Kier molecular flexibility index (Phi) is 2.62. The molecular formula is C18H18N2. The van der Waals surface area contributed by atoms with Gasteiger partial charge in [-0.1, -0.05) is 42.5 Å². The number of allylic oxidation sites excluding steroid dienone is 1. The van der Waals surface area contributed by atoms with Gasteiger partial charge in [0.2, 0.25) is 0 Å². The third-order valence-electron chi connectivity index (χ3n) is 4.65. The fourth-order valence-corrected chi connectivity index (χ4v) is 3.47. The SMILES string of the molecule is C1=CN2CCC(c3ccc(-c4ccccc4)nc3)(C1)C2. The first-order valence-corrected chi connectivity index (χ1v) is 7.28. The molecule has 1 saturated heterocycles. The Morgan fingerprint density at radius 3 is 2.75 bits per heavy atom. The van der Waals surface area contributed by atoms with E-state index in [1.165, 1.54) is 24.1 Å². The van der Waals surface area contributed by atoms with Crippen molar-refractivity contribution in [2.24, 2.45) is 0 Å². The Morgan fingerprint density at radius 2 is 1.95 bits per heavy atom. The van der Waals surface area contributed by atoms with Gasteiger partial charge in [-0.15, -0.1) is 0 Å². The number of benzene rings is 1. The summed E-state index contributed by atoms with van der Waals surface area (Å²) in [6.07, 6.45) is 9.03. The van der Waals surface area contributed by atoms with Crippen molar-refractivity contribution < 1.29 is 0 Å². The maximum atomic E-state index is 4.69. The first kappa shape index (κ1) is 11.7. The molecule has 2 heteroatoms. The summed E-state index contributed by atoms with van der Waals surface area (Å²) in [6.45, 7) is 2.33. The van der Waals surface area contributed by atoms with Gasteiger partial charge in [-0.25, -0.2) is 0 Å². The molecule has 20 heavy (non-hydrogen) atoms. The van der Waals surface area contributed by atoms with Crippen molar-refractivity contribution in [3.63, 3.8) is 0 Å². The van der Waals surface area contributed by atoms with Crippen LogP contribution in [0.4, 0.5) is 0 Å². The highest BCUT2D eigenvalue weighted by Gasteiger charge is 2.40. The van der Waals surface area contributed by atoms with E-state index < -0.39 is 0 Å². The van der Waals surface area contributed by atoms with Crippen molar-refractivity contribution in [1.82, 2.24) is 9.88 Å². The Morgan fingerprint density at radius 1 is 1.05 bits per heavy atom. The van der Waals surface area contributed by atoms with Gasteiger partial charge in [0.05, 0.1) is 5.69 Å². The summed E-state index contributed by atoms with van der Waals surface area (Å²) >= 11 is 0. The van der Waals surface area contributed by atoms with E-state index in [4.69, 9.17) is 4.98 Å². The maximum absolute atomic E-state index is 4.69. The minimum absolute atomic E-state index is 0.303. The van der Waals surface area contributed by atoms with Crippen LogP contribution in [-0.4, -0.2) is 23.0 Å². The van der Waals surface area contributed by atoms with Crippen LogP contribution in [0.25, 0.3) is 11.3 Å². The number of hydrogen-bond acceptors (Lipinski definition) is 2. The number of rotatable bonds is 2. The van der Waals surface area contributed by atoms with Crippen molar-refractivity contribution in [2.75, 3.05) is 13.1 Å². The van der Waals surface area contributed by atoms with E-state index in [-0.39, 0.29) is 0 Å². The van der Waals surface area contributed by atoms with E-state index in [2.05, 4.69) is 59.8 Å². The largest absolute Gasteiger partial charge is 0.377 e. The lowest BCUT2D eigenvalue weighted by Crippen LogP contribution is -2.31. The van der Waals surface area contributed by atoms with Crippen LogP contribution in [0.3, 0.4) is 0 Å². The summed E-state index contributed by atoms with van der Waals surface area (Å²) < 4.78 is 0. The van der Waals surface area contributed by atoms with E-state index in [1.54, 1.807) is 0 Å². The molecule has 4 rings (SSSR count). The van der Waals surface area contributed by atoms with Gasteiger partial charge >= 0.3 is 0 Å². The van der Waals surface area contributed by atoms with Crippen LogP contribution in [0.1, 0.15) is 18.4 Å². The van der Waals surface area contributed by atoms with Gasteiger partial charge in [0.25, 0.3) is 0 Å². The van der Waals surface area contributed by atoms with Crippen molar-refractivity contribution in [3.8, 4) is 11.3 Å². The molecule has 0 amide bonds. The van der Waals surface area contributed by atoms with Crippen LogP contribution >= 0.6 is 0 Å². The molecule has 1 fully saturated rings. The second kappa shape index (κ2) is 4.48. The highest BCUT2D eigenvalue weighted by Crippen LogP contribution is 2.40. The number of pyridine rings is 1. The van der Waals surface area contributed by atoms with Crippen LogP contribution in [0.2, 0.25) is 0 Å². The quantitative estimate of drug-likeness (QED) is 0.822. The van der Waals surface area contributed by atoms with E-state index in [0.29, 0.717) is 5.41 Å². The minimum Gasteiger partial charge on any atom is -0.377 e. The van der Waals surface area contributed by atoms with E-state index in [0.717, 1.165) is 18.7 Å². The predicted octanol–water partition coefficient (Wildman–Crippen LogP) is 3.61. The molecule has 3 heterocycles. The molecule has 0 saturated carbocycles. The topological polar surface area (TPSA) is 16.1 Å². The summed E-state index contributed by atoms with van der Waals surface area (Å²) in [7, 11) is 0. The third kappa shape index (κ3) is 1.83. The van der Waals surface area contributed by atoms with Crippen LogP contribution in [-0.2, 0) is 5.41 Å². The van der Waals surface area contributed by atoms with Gasteiger partial charge in [-0.2, -0.15) is 0 Å². The number of hydrogen-bond donors (Lipinski definition) is 0. The normalized spacial score (nSPS) is 24.1. The van der Waals surface area contributed by atoms with Crippen LogP contribution in [0, 0.1) is 0 Å². The maximum Gasteiger partial charge on any atom is 0.0702 e. The lowest BCUT2D eigenvalue weighted by Gasteiger charge is -2.31. The first-order chi connectivity index (χ1) is 9.86. The standard InChI is InChI=1S/C18H18N2/c1-2-5-15(6-3-1)17-8-7-16(13-19-17)18-9-4-11-20(14-18)12-10-18/h1-8,11,13H,9-10,12,14H2. The smallest absolute Gasteiger partial charge is 0.0702 e. The van der Waals surface area contributed by atoms with Crippen molar-refractivity contribution in [2.45, 2.75) is 18.3 Å². The summed E-state index contributed by atoms with van der Waals surface area (Å²) in [4.78, 5) is 7.12. The molecule has 100 valence electrons. The lowest BCUT2D eigenvalue weighted by atomic mass is 9.77. The monoisotopic (exact) mass is 262 g/mol. The van der Waals surface area contributed by atoms with Gasteiger partial charge < -0.3 is 4.90 Å². The number of nitrogens with zero attached hydrogens (tertiary/aromatic N) is 2. The molecule has 2 aromatic rings. The summed E-state index contributed by atoms with van der Waals surface area (Å²) in [5.41, 5.74) is 3.95. The predicted molar refractivity (Wildman–Crippen MR) is 81.3 cm³/mol. The van der Waals surface area contributed by atoms with Gasteiger partial charge in [0, 0.05) is 30.3 Å². The van der Waals surface area contributed by atoms with Gasteiger partial charge in [-0.05, 0) is 30.7 Å². The van der Waals surface area contributed by atoms with E-state index in [9.17, 15) is 0 Å². The molecule has 0 radical (unpaired) electrons. The highest BCUT2D eigenvalue weighted by molar-refractivity contribution is 5.59. The number of fused-ring (bicyclic) bond motifs is 2. The molecule has 2 nitrogen and oxygen atoms in total. The molecule has 2 aliphatic rings. The average molecular weight is 262 g/mol. The summed E-state index contributed by atoms with van der Waals surface area (Å²) in [5.74, 6) is 0. The zero-order chi connectivity index (χ0) is 13.4. The fraction of sp³-hybridized carbons (Fsp3) is 0.278. The van der Waals surface area contributed by atoms with Gasteiger partial charge in [-0.3, -0.25) is 4.98 Å². The second-order valence-electron chi connectivity index (χ2n) is 5.89. The Balaban J connectivity index is 1.67. The molecule has 2 aliphatic heterocycles. The molecule has 0 aliphatic carbocycles. The van der Waals surface area contributed by atoms with E-state index >= 15 is 0 Å². The van der Waals surface area contributed by atoms with Crippen LogP contribution in [0.15, 0.2) is 60.9 Å². The average Bonchev–Trinajstić information content (AvgIpc) is 2.84.